The molecule has 0 aliphatic rings. The van der Waals surface area contributed by atoms with Crippen molar-refractivity contribution in [1.29, 1.82) is 0 Å². The highest BCUT2D eigenvalue weighted by atomic mass is 16.2. The van der Waals surface area contributed by atoms with Crippen LogP contribution in [0.3, 0.4) is 0 Å². The van der Waals surface area contributed by atoms with Gasteiger partial charge in [0.15, 0.2) is 0 Å². The molecule has 0 saturated heterocycles. The topological polar surface area (TPSA) is 86.9 Å². The molecule has 3 N–H and O–H groups in total. The van der Waals surface area contributed by atoms with Gasteiger partial charge in [-0.25, -0.2) is 4.98 Å². The largest absolute Gasteiger partial charge is 0.350 e. The number of aromatic nitrogens is 2. The number of para-hydroxylation sites is 2. The Bertz CT molecular complexity index is 953. The number of carbonyl (C=O) groups excluding carboxylic acids is 2. The Labute approximate surface area is 157 Å². The van der Waals surface area contributed by atoms with Crippen LogP contribution in [0.1, 0.15) is 30.0 Å². The number of imidazole rings is 1. The minimum atomic E-state index is -0.310. The molecule has 0 spiro atoms. The van der Waals surface area contributed by atoms with E-state index in [1.54, 1.807) is 38.1 Å². The van der Waals surface area contributed by atoms with Gasteiger partial charge < -0.3 is 15.6 Å². The van der Waals surface area contributed by atoms with Crippen LogP contribution in [0.25, 0.3) is 11.0 Å². The molecule has 0 unspecified atom stereocenters. The van der Waals surface area contributed by atoms with E-state index in [0.29, 0.717) is 18.5 Å². The van der Waals surface area contributed by atoms with E-state index in [1.165, 1.54) is 0 Å². The molecule has 0 atom stereocenters. The van der Waals surface area contributed by atoms with Crippen LogP contribution in [0.5, 0.6) is 0 Å². The van der Waals surface area contributed by atoms with Gasteiger partial charge in [-0.05, 0) is 43.7 Å². The number of fused-ring (bicyclic) bond motifs is 1. The molecule has 138 valence electrons. The number of allylic oxidation sites excluding steroid dienone is 1. The fourth-order valence-electron chi connectivity index (χ4n) is 2.69. The number of aromatic amines is 1. The number of carbonyl (C=O) groups is 2. The Balaban J connectivity index is 1.59. The molecular formula is C21H22N4O2. The number of H-pyrrole nitrogens is 1. The van der Waals surface area contributed by atoms with E-state index in [0.717, 1.165) is 22.4 Å². The molecule has 0 aliphatic carbocycles. The van der Waals surface area contributed by atoms with Gasteiger partial charge in [0.1, 0.15) is 11.5 Å². The van der Waals surface area contributed by atoms with Crippen LogP contribution >= 0.6 is 0 Å². The lowest BCUT2D eigenvalue weighted by Gasteiger charge is -2.12. The second kappa shape index (κ2) is 8.31. The quantitative estimate of drug-likeness (QED) is 0.589. The molecule has 3 rings (SSSR count). The standard InChI is InChI=1S/C21H22N4O2/c1-14(2)19(25-20(26)15-8-4-3-5-9-15)21(27)22-13-12-18-23-16-10-6-7-11-17(16)24-18/h3-11H,12-13H2,1-2H3,(H,22,27)(H,23,24)(H,25,26). The zero-order valence-corrected chi connectivity index (χ0v) is 15.4. The molecule has 1 heterocycles. The summed E-state index contributed by atoms with van der Waals surface area (Å²) >= 11 is 0. The minimum absolute atomic E-state index is 0.272. The van der Waals surface area contributed by atoms with Crippen molar-refractivity contribution in [3.05, 3.63) is 77.3 Å². The molecule has 2 aromatic carbocycles. The summed E-state index contributed by atoms with van der Waals surface area (Å²) in [5, 5.41) is 5.55. The minimum Gasteiger partial charge on any atom is -0.350 e. The highest BCUT2D eigenvalue weighted by Crippen LogP contribution is 2.10. The van der Waals surface area contributed by atoms with Crippen molar-refractivity contribution < 1.29 is 9.59 Å². The van der Waals surface area contributed by atoms with Crippen molar-refractivity contribution in [1.82, 2.24) is 20.6 Å². The first-order valence-corrected chi connectivity index (χ1v) is 8.80. The van der Waals surface area contributed by atoms with E-state index in [2.05, 4.69) is 20.6 Å². The van der Waals surface area contributed by atoms with Gasteiger partial charge >= 0.3 is 0 Å². The van der Waals surface area contributed by atoms with Gasteiger partial charge in [0.05, 0.1) is 11.0 Å². The number of benzene rings is 2. The second-order valence-electron chi connectivity index (χ2n) is 6.40. The van der Waals surface area contributed by atoms with Gasteiger partial charge in [-0.15, -0.1) is 0 Å². The molecule has 2 amide bonds. The number of hydrogen-bond acceptors (Lipinski definition) is 3. The lowest BCUT2D eigenvalue weighted by Crippen LogP contribution is -2.36. The summed E-state index contributed by atoms with van der Waals surface area (Å²) in [7, 11) is 0. The van der Waals surface area contributed by atoms with Crippen LogP contribution in [-0.4, -0.2) is 28.3 Å². The molecule has 0 bridgehead atoms. The lowest BCUT2D eigenvalue weighted by molar-refractivity contribution is -0.117. The fraction of sp³-hybridized carbons (Fsp3) is 0.190. The third-order valence-corrected chi connectivity index (χ3v) is 4.09. The van der Waals surface area contributed by atoms with E-state index < -0.39 is 0 Å². The van der Waals surface area contributed by atoms with Crippen LogP contribution in [0.2, 0.25) is 0 Å². The number of nitrogens with zero attached hydrogens (tertiary/aromatic N) is 1. The highest BCUT2D eigenvalue weighted by Gasteiger charge is 2.15. The average Bonchev–Trinajstić information content (AvgIpc) is 3.09. The first-order chi connectivity index (χ1) is 13.0. The second-order valence-corrected chi connectivity index (χ2v) is 6.40. The molecule has 6 nitrogen and oxygen atoms in total. The summed E-state index contributed by atoms with van der Waals surface area (Å²) in [4.78, 5) is 32.5. The third kappa shape index (κ3) is 4.61. The Kier molecular flexibility index (Phi) is 5.66. The van der Waals surface area contributed by atoms with Gasteiger partial charge in [0.25, 0.3) is 11.8 Å². The summed E-state index contributed by atoms with van der Waals surface area (Å²) in [5.74, 6) is 0.193. The molecule has 0 fully saturated rings. The summed E-state index contributed by atoms with van der Waals surface area (Å²) in [6.07, 6.45) is 0.573. The predicted molar refractivity (Wildman–Crippen MR) is 105 cm³/mol. The van der Waals surface area contributed by atoms with E-state index >= 15 is 0 Å². The van der Waals surface area contributed by atoms with E-state index in [9.17, 15) is 9.59 Å². The molecule has 1 aromatic heterocycles. The van der Waals surface area contributed by atoms with Gasteiger partial charge in [0.2, 0.25) is 0 Å². The molecule has 6 heteroatoms. The summed E-state index contributed by atoms with van der Waals surface area (Å²) in [6.45, 7) is 4.00. The average molecular weight is 362 g/mol. The number of nitrogens with one attached hydrogen (secondary N) is 3. The molecule has 27 heavy (non-hydrogen) atoms. The third-order valence-electron chi connectivity index (χ3n) is 4.09. The normalized spacial score (nSPS) is 10.4. The van der Waals surface area contributed by atoms with Crippen molar-refractivity contribution in [2.75, 3.05) is 6.54 Å². The van der Waals surface area contributed by atoms with Crippen LogP contribution in [0, 0.1) is 0 Å². The number of amides is 2. The SMILES string of the molecule is CC(C)=C(NC(=O)c1ccccc1)C(=O)NCCc1nc2ccccc2[nH]1. The number of hydrogen-bond donors (Lipinski definition) is 3. The van der Waals surface area contributed by atoms with Gasteiger partial charge in [-0.1, -0.05) is 30.3 Å². The van der Waals surface area contributed by atoms with Gasteiger partial charge in [0, 0.05) is 18.5 Å². The lowest BCUT2D eigenvalue weighted by atomic mass is 10.2. The van der Waals surface area contributed by atoms with Crippen LogP contribution < -0.4 is 10.6 Å². The number of rotatable bonds is 6. The first-order valence-electron chi connectivity index (χ1n) is 8.80. The molecule has 0 radical (unpaired) electrons. The first kappa shape index (κ1) is 18.4. The van der Waals surface area contributed by atoms with Crippen molar-refractivity contribution in [2.45, 2.75) is 20.3 Å². The fourth-order valence-corrected chi connectivity index (χ4v) is 2.69. The maximum atomic E-state index is 12.5. The predicted octanol–water partition coefficient (Wildman–Crippen LogP) is 2.95. The smallest absolute Gasteiger partial charge is 0.267 e. The molecular weight excluding hydrogens is 340 g/mol. The van der Waals surface area contributed by atoms with Crippen molar-refractivity contribution in [3.8, 4) is 0 Å². The van der Waals surface area contributed by atoms with Crippen LogP contribution in [0.4, 0.5) is 0 Å². The zero-order valence-electron chi connectivity index (χ0n) is 15.4. The highest BCUT2D eigenvalue weighted by molar-refractivity contribution is 6.03. The van der Waals surface area contributed by atoms with Crippen LogP contribution in [-0.2, 0) is 11.2 Å². The zero-order chi connectivity index (χ0) is 19.2. The monoisotopic (exact) mass is 362 g/mol. The van der Waals surface area contributed by atoms with Crippen molar-refractivity contribution in [3.63, 3.8) is 0 Å². The Morgan fingerprint density at radius 2 is 1.70 bits per heavy atom. The van der Waals surface area contributed by atoms with Gasteiger partial charge in [-0.2, -0.15) is 0 Å². The maximum Gasteiger partial charge on any atom is 0.267 e. The molecule has 3 aromatic rings. The Morgan fingerprint density at radius 3 is 2.41 bits per heavy atom. The summed E-state index contributed by atoms with van der Waals surface area (Å²) < 4.78 is 0. The summed E-state index contributed by atoms with van der Waals surface area (Å²) in [5.41, 5.74) is 3.39. The molecule has 0 aliphatic heterocycles. The van der Waals surface area contributed by atoms with Crippen molar-refractivity contribution in [2.24, 2.45) is 0 Å². The van der Waals surface area contributed by atoms with E-state index in [4.69, 9.17) is 0 Å². The Hall–Kier alpha value is -3.41. The van der Waals surface area contributed by atoms with E-state index in [-0.39, 0.29) is 17.5 Å². The maximum absolute atomic E-state index is 12.5. The summed E-state index contributed by atoms with van der Waals surface area (Å²) in [6, 6.07) is 16.6. The Morgan fingerprint density at radius 1 is 1.00 bits per heavy atom. The molecule has 0 saturated carbocycles. The van der Waals surface area contributed by atoms with Crippen LogP contribution in [0.15, 0.2) is 65.9 Å². The van der Waals surface area contributed by atoms with Gasteiger partial charge in [-0.3, -0.25) is 9.59 Å². The van der Waals surface area contributed by atoms with Crippen molar-refractivity contribution >= 4 is 22.8 Å². The van der Waals surface area contributed by atoms with E-state index in [1.807, 2.05) is 30.3 Å².